The van der Waals surface area contributed by atoms with Crippen molar-refractivity contribution in [2.45, 2.75) is 6.42 Å². The minimum atomic E-state index is -0.544. The van der Waals surface area contributed by atoms with E-state index < -0.39 is 18.2 Å². The topological polar surface area (TPSA) is 58.2 Å². The van der Waals surface area contributed by atoms with Gasteiger partial charge in [-0.05, 0) is 30.3 Å². The first-order valence-electron chi connectivity index (χ1n) is 6.35. The second-order valence-electron chi connectivity index (χ2n) is 4.50. The average molecular weight is 392 g/mol. The fraction of sp³-hybridized carbons (Fsp3) is 0.0667. The van der Waals surface area contributed by atoms with Crippen LogP contribution in [0.3, 0.4) is 0 Å². The number of anilines is 2. The number of hydrogen-bond acceptors (Lipinski definition) is 2. The van der Waals surface area contributed by atoms with Crippen molar-refractivity contribution in [3.05, 3.63) is 56.5 Å². The lowest BCUT2D eigenvalue weighted by Gasteiger charge is -2.09. The van der Waals surface area contributed by atoms with E-state index in [9.17, 15) is 9.59 Å². The Morgan fingerprint density at radius 3 is 2.00 bits per heavy atom. The Hall–Kier alpha value is -1.46. The van der Waals surface area contributed by atoms with Crippen LogP contribution in [0.25, 0.3) is 0 Å². The highest BCUT2D eigenvalue weighted by molar-refractivity contribution is 6.42. The lowest BCUT2D eigenvalue weighted by Crippen LogP contribution is -2.21. The molecule has 0 aliphatic heterocycles. The summed E-state index contributed by atoms with van der Waals surface area (Å²) in [5.41, 5.74) is 0.705. The first-order chi connectivity index (χ1) is 10.9. The average Bonchev–Trinajstić information content (AvgIpc) is 2.47. The fourth-order valence-electron chi connectivity index (χ4n) is 1.73. The molecule has 0 saturated carbocycles. The standard InChI is InChI=1S/C15H10Cl4N2O2/c16-9-5-4-8(6-12(9)19)20-13(22)7-14(23)21-15-10(17)2-1-3-11(15)18/h1-6H,7H2,(H,20,22)(H,21,23). The van der Waals surface area contributed by atoms with Crippen LogP contribution < -0.4 is 10.6 Å². The van der Waals surface area contributed by atoms with E-state index in [1.165, 1.54) is 6.07 Å². The van der Waals surface area contributed by atoms with Gasteiger partial charge in [0.25, 0.3) is 0 Å². The van der Waals surface area contributed by atoms with Gasteiger partial charge >= 0.3 is 0 Å². The van der Waals surface area contributed by atoms with Crippen LogP contribution in [0.5, 0.6) is 0 Å². The Kier molecular flexibility index (Phi) is 6.13. The molecule has 0 spiro atoms. The number of rotatable bonds is 4. The number of carbonyl (C=O) groups is 2. The van der Waals surface area contributed by atoms with Gasteiger partial charge in [-0.2, -0.15) is 0 Å². The smallest absolute Gasteiger partial charge is 0.233 e. The first-order valence-corrected chi connectivity index (χ1v) is 7.87. The molecule has 2 amide bonds. The maximum Gasteiger partial charge on any atom is 0.233 e. The summed E-state index contributed by atoms with van der Waals surface area (Å²) < 4.78 is 0. The summed E-state index contributed by atoms with van der Waals surface area (Å²) in [6.07, 6.45) is -0.401. The van der Waals surface area contributed by atoms with E-state index in [-0.39, 0.29) is 15.7 Å². The molecule has 0 unspecified atom stereocenters. The number of hydrogen-bond donors (Lipinski definition) is 2. The van der Waals surface area contributed by atoms with Crippen LogP contribution in [0, 0.1) is 0 Å². The molecule has 2 N–H and O–H groups in total. The molecule has 0 bridgehead atoms. The van der Waals surface area contributed by atoms with Gasteiger partial charge in [-0.3, -0.25) is 9.59 Å². The van der Waals surface area contributed by atoms with Crippen LogP contribution in [0.2, 0.25) is 20.1 Å². The normalized spacial score (nSPS) is 10.3. The summed E-state index contributed by atoms with van der Waals surface area (Å²) in [7, 11) is 0. The molecule has 0 radical (unpaired) electrons. The third-order valence-electron chi connectivity index (χ3n) is 2.75. The number of benzene rings is 2. The highest BCUT2D eigenvalue weighted by Gasteiger charge is 2.14. The van der Waals surface area contributed by atoms with Gasteiger partial charge in [-0.15, -0.1) is 0 Å². The van der Waals surface area contributed by atoms with E-state index in [4.69, 9.17) is 46.4 Å². The quantitative estimate of drug-likeness (QED) is 0.697. The van der Waals surface area contributed by atoms with Gasteiger partial charge in [0.05, 0.1) is 25.8 Å². The molecule has 2 rings (SSSR count). The Morgan fingerprint density at radius 2 is 1.39 bits per heavy atom. The molecule has 23 heavy (non-hydrogen) atoms. The van der Waals surface area contributed by atoms with Gasteiger partial charge in [-0.25, -0.2) is 0 Å². The molecule has 0 heterocycles. The van der Waals surface area contributed by atoms with Crippen LogP contribution in [-0.2, 0) is 9.59 Å². The van der Waals surface area contributed by atoms with E-state index >= 15 is 0 Å². The number of carbonyl (C=O) groups excluding carboxylic acids is 2. The van der Waals surface area contributed by atoms with Crippen molar-refractivity contribution in [1.82, 2.24) is 0 Å². The molecular formula is C15H10Cl4N2O2. The van der Waals surface area contributed by atoms with Crippen molar-refractivity contribution < 1.29 is 9.59 Å². The molecule has 120 valence electrons. The van der Waals surface area contributed by atoms with E-state index in [2.05, 4.69) is 10.6 Å². The third kappa shape index (κ3) is 5.01. The molecule has 0 saturated heterocycles. The van der Waals surface area contributed by atoms with E-state index in [1.807, 2.05) is 0 Å². The van der Waals surface area contributed by atoms with Crippen molar-refractivity contribution in [1.29, 1.82) is 0 Å². The zero-order valence-corrected chi connectivity index (χ0v) is 14.5. The summed E-state index contributed by atoms with van der Waals surface area (Å²) in [4.78, 5) is 23.8. The van der Waals surface area contributed by atoms with Crippen LogP contribution in [-0.4, -0.2) is 11.8 Å². The Balaban J connectivity index is 1.97. The second-order valence-corrected chi connectivity index (χ2v) is 6.13. The largest absolute Gasteiger partial charge is 0.326 e. The molecular weight excluding hydrogens is 382 g/mol. The number of amides is 2. The SMILES string of the molecule is O=C(CC(=O)Nc1c(Cl)cccc1Cl)Nc1ccc(Cl)c(Cl)c1. The van der Waals surface area contributed by atoms with E-state index in [1.54, 1.807) is 30.3 Å². The van der Waals surface area contributed by atoms with Gasteiger partial charge in [0.2, 0.25) is 11.8 Å². The maximum absolute atomic E-state index is 11.9. The monoisotopic (exact) mass is 390 g/mol. The second kappa shape index (κ2) is 7.88. The van der Waals surface area contributed by atoms with Crippen LogP contribution in [0.1, 0.15) is 6.42 Å². The maximum atomic E-state index is 11.9. The van der Waals surface area contributed by atoms with Crippen molar-refractivity contribution in [2.75, 3.05) is 10.6 Å². The van der Waals surface area contributed by atoms with Gasteiger partial charge in [-0.1, -0.05) is 52.5 Å². The molecule has 2 aromatic carbocycles. The highest BCUT2D eigenvalue weighted by Crippen LogP contribution is 2.30. The van der Waals surface area contributed by atoms with Crippen molar-refractivity contribution >= 4 is 69.6 Å². The number of halogens is 4. The molecule has 0 aliphatic carbocycles. The van der Waals surface area contributed by atoms with Gasteiger partial charge in [0.1, 0.15) is 6.42 Å². The fourth-order valence-corrected chi connectivity index (χ4v) is 2.52. The Labute approximate surface area is 152 Å². The van der Waals surface area contributed by atoms with E-state index in [0.717, 1.165) is 0 Å². The summed E-state index contributed by atoms with van der Waals surface area (Å²) in [6, 6.07) is 9.43. The molecule has 8 heteroatoms. The molecule has 0 fully saturated rings. The molecule has 2 aromatic rings. The van der Waals surface area contributed by atoms with Gasteiger partial charge in [0, 0.05) is 5.69 Å². The van der Waals surface area contributed by atoms with Crippen molar-refractivity contribution in [3.8, 4) is 0 Å². The van der Waals surface area contributed by atoms with Crippen LogP contribution >= 0.6 is 46.4 Å². The summed E-state index contributed by atoms with van der Waals surface area (Å²) in [5, 5.41) is 6.30. The van der Waals surface area contributed by atoms with Crippen molar-refractivity contribution in [3.63, 3.8) is 0 Å². The highest BCUT2D eigenvalue weighted by atomic mass is 35.5. The predicted octanol–water partition coefficient (Wildman–Crippen LogP) is 5.27. The predicted molar refractivity (Wildman–Crippen MR) is 94.8 cm³/mol. The molecule has 0 atom stereocenters. The minimum absolute atomic E-state index is 0.267. The van der Waals surface area contributed by atoms with Gasteiger partial charge < -0.3 is 10.6 Å². The summed E-state index contributed by atoms with van der Waals surface area (Å²) >= 11 is 23.5. The summed E-state index contributed by atoms with van der Waals surface area (Å²) in [5.74, 6) is -1.05. The number of nitrogens with one attached hydrogen (secondary N) is 2. The molecule has 4 nitrogen and oxygen atoms in total. The lowest BCUT2D eigenvalue weighted by atomic mass is 10.2. The third-order valence-corrected chi connectivity index (χ3v) is 4.12. The molecule has 0 aliphatic rings. The Morgan fingerprint density at radius 1 is 0.783 bits per heavy atom. The zero-order valence-electron chi connectivity index (χ0n) is 11.5. The van der Waals surface area contributed by atoms with E-state index in [0.29, 0.717) is 15.7 Å². The van der Waals surface area contributed by atoms with Gasteiger partial charge in [0.15, 0.2) is 0 Å². The van der Waals surface area contributed by atoms with Crippen LogP contribution in [0.15, 0.2) is 36.4 Å². The van der Waals surface area contributed by atoms with Crippen molar-refractivity contribution in [2.24, 2.45) is 0 Å². The molecule has 0 aromatic heterocycles. The lowest BCUT2D eigenvalue weighted by molar-refractivity contribution is -0.123. The summed E-state index contributed by atoms with van der Waals surface area (Å²) in [6.45, 7) is 0. The Bertz CT molecular complexity index is 745. The zero-order chi connectivity index (χ0) is 17.0. The number of para-hydroxylation sites is 1. The minimum Gasteiger partial charge on any atom is -0.326 e. The first kappa shape index (κ1) is 17.9. The van der Waals surface area contributed by atoms with Crippen LogP contribution in [0.4, 0.5) is 11.4 Å².